The zero-order valence-corrected chi connectivity index (χ0v) is 11.0. The van der Waals surface area contributed by atoms with Crippen LogP contribution in [-0.4, -0.2) is 4.92 Å². The molecule has 1 unspecified atom stereocenters. The third-order valence-corrected chi connectivity index (χ3v) is 3.63. The van der Waals surface area contributed by atoms with E-state index in [-0.39, 0.29) is 16.0 Å². The minimum atomic E-state index is -0.368. The van der Waals surface area contributed by atoms with Crippen molar-refractivity contribution in [1.82, 2.24) is 5.32 Å². The van der Waals surface area contributed by atoms with E-state index in [0.717, 1.165) is 16.4 Å². The zero-order valence-electron chi connectivity index (χ0n) is 10.2. The first kappa shape index (κ1) is 12.8. The third kappa shape index (κ3) is 2.96. The van der Waals surface area contributed by atoms with Gasteiger partial charge in [0.05, 0.1) is 11.0 Å². The largest absolute Gasteiger partial charge is 0.465 e. The van der Waals surface area contributed by atoms with E-state index in [0.29, 0.717) is 6.54 Å². The van der Waals surface area contributed by atoms with Crippen LogP contribution in [0.2, 0.25) is 0 Å². The summed E-state index contributed by atoms with van der Waals surface area (Å²) in [5, 5.41) is 14.0. The van der Waals surface area contributed by atoms with Crippen LogP contribution in [0.15, 0.2) is 28.7 Å². The summed E-state index contributed by atoms with van der Waals surface area (Å²) >= 11 is 1.19. The summed E-state index contributed by atoms with van der Waals surface area (Å²) < 4.78 is 5.51. The fourth-order valence-electron chi connectivity index (χ4n) is 1.60. The Labute approximate surface area is 109 Å². The quantitative estimate of drug-likeness (QED) is 0.665. The van der Waals surface area contributed by atoms with Gasteiger partial charge in [0.25, 0.3) is 0 Å². The first-order chi connectivity index (χ1) is 8.56. The Bertz CT molecular complexity index is 547. The molecule has 0 radical (unpaired) electrons. The molecule has 0 amide bonds. The summed E-state index contributed by atoms with van der Waals surface area (Å²) in [7, 11) is 0. The lowest BCUT2D eigenvalue weighted by atomic mass is 10.2. The van der Waals surface area contributed by atoms with E-state index in [9.17, 15) is 10.1 Å². The van der Waals surface area contributed by atoms with Gasteiger partial charge in [-0.05, 0) is 32.0 Å². The Morgan fingerprint density at radius 1 is 1.44 bits per heavy atom. The molecule has 0 saturated heterocycles. The molecule has 0 aliphatic carbocycles. The molecule has 2 heterocycles. The maximum Gasteiger partial charge on any atom is 0.324 e. The molecular formula is C12H14N2O3S. The molecule has 0 fully saturated rings. The summed E-state index contributed by atoms with van der Waals surface area (Å²) in [6.07, 6.45) is 0. The van der Waals surface area contributed by atoms with Gasteiger partial charge in [-0.25, -0.2) is 0 Å². The normalized spacial score (nSPS) is 12.6. The molecule has 1 N–H and O–H groups in total. The third-order valence-electron chi connectivity index (χ3n) is 2.60. The fourth-order valence-corrected chi connectivity index (χ4v) is 2.37. The monoisotopic (exact) mass is 266 g/mol. The van der Waals surface area contributed by atoms with Crippen molar-refractivity contribution < 1.29 is 9.34 Å². The van der Waals surface area contributed by atoms with Gasteiger partial charge in [-0.2, -0.15) is 0 Å². The molecule has 6 heteroatoms. The van der Waals surface area contributed by atoms with Gasteiger partial charge in [-0.1, -0.05) is 11.3 Å². The molecule has 96 valence electrons. The molecule has 2 rings (SSSR count). The zero-order chi connectivity index (χ0) is 13.1. The number of nitrogens with one attached hydrogen (secondary N) is 1. The van der Waals surface area contributed by atoms with Crippen molar-refractivity contribution >= 4 is 16.3 Å². The maximum atomic E-state index is 10.6. The molecular weight excluding hydrogens is 252 g/mol. The van der Waals surface area contributed by atoms with E-state index in [2.05, 4.69) is 5.32 Å². The smallest absolute Gasteiger partial charge is 0.324 e. The topological polar surface area (TPSA) is 68.3 Å². The summed E-state index contributed by atoms with van der Waals surface area (Å²) in [6.45, 7) is 4.50. The van der Waals surface area contributed by atoms with Gasteiger partial charge in [-0.3, -0.25) is 10.1 Å². The molecule has 0 aromatic carbocycles. The SMILES string of the molecule is Cc1ccc(C(C)NCc2ccc([N+](=O)[O-])s2)o1. The number of rotatable bonds is 5. The fraction of sp³-hybridized carbons (Fsp3) is 0.333. The highest BCUT2D eigenvalue weighted by molar-refractivity contribution is 7.15. The van der Waals surface area contributed by atoms with Crippen LogP contribution in [0.25, 0.3) is 0 Å². The molecule has 0 saturated carbocycles. The van der Waals surface area contributed by atoms with E-state index >= 15 is 0 Å². The average molecular weight is 266 g/mol. The molecule has 0 aliphatic heterocycles. The van der Waals surface area contributed by atoms with Crippen LogP contribution in [0.5, 0.6) is 0 Å². The van der Waals surface area contributed by atoms with Crippen LogP contribution < -0.4 is 5.32 Å². The van der Waals surface area contributed by atoms with Crippen molar-refractivity contribution in [2.75, 3.05) is 0 Å². The predicted molar refractivity (Wildman–Crippen MR) is 69.7 cm³/mol. The van der Waals surface area contributed by atoms with Crippen LogP contribution in [0.4, 0.5) is 5.00 Å². The van der Waals surface area contributed by atoms with Gasteiger partial charge in [-0.15, -0.1) is 0 Å². The lowest BCUT2D eigenvalue weighted by Gasteiger charge is -2.09. The van der Waals surface area contributed by atoms with Crippen molar-refractivity contribution in [3.63, 3.8) is 0 Å². The van der Waals surface area contributed by atoms with Gasteiger partial charge in [0, 0.05) is 17.5 Å². The first-order valence-corrected chi connectivity index (χ1v) is 6.40. The highest BCUT2D eigenvalue weighted by atomic mass is 32.1. The second kappa shape index (κ2) is 5.32. The second-order valence-corrected chi connectivity index (χ2v) is 5.19. The molecule has 2 aromatic heterocycles. The van der Waals surface area contributed by atoms with Crippen LogP contribution >= 0.6 is 11.3 Å². The van der Waals surface area contributed by atoms with E-state index < -0.39 is 0 Å². The number of thiophene rings is 1. The number of aryl methyl sites for hydroxylation is 1. The molecule has 0 aliphatic rings. The number of furan rings is 1. The van der Waals surface area contributed by atoms with Crippen LogP contribution in [0.1, 0.15) is 29.4 Å². The number of hydrogen-bond donors (Lipinski definition) is 1. The van der Waals surface area contributed by atoms with Crippen LogP contribution in [-0.2, 0) is 6.54 Å². The molecule has 1 atom stereocenters. The highest BCUT2D eigenvalue weighted by Gasteiger charge is 2.12. The van der Waals surface area contributed by atoms with Gasteiger partial charge < -0.3 is 9.73 Å². The van der Waals surface area contributed by atoms with Crippen molar-refractivity contribution in [3.05, 3.63) is 50.8 Å². The van der Waals surface area contributed by atoms with Crippen molar-refractivity contribution in [2.24, 2.45) is 0 Å². The van der Waals surface area contributed by atoms with E-state index in [1.165, 1.54) is 17.4 Å². The summed E-state index contributed by atoms with van der Waals surface area (Å²) in [5.41, 5.74) is 0. The minimum absolute atomic E-state index is 0.0832. The summed E-state index contributed by atoms with van der Waals surface area (Å²) in [5.74, 6) is 1.75. The molecule has 18 heavy (non-hydrogen) atoms. The molecule has 2 aromatic rings. The minimum Gasteiger partial charge on any atom is -0.465 e. The summed E-state index contributed by atoms with van der Waals surface area (Å²) in [4.78, 5) is 11.1. The first-order valence-electron chi connectivity index (χ1n) is 5.59. The van der Waals surface area contributed by atoms with E-state index in [1.54, 1.807) is 6.07 Å². The van der Waals surface area contributed by atoms with Crippen molar-refractivity contribution in [2.45, 2.75) is 26.4 Å². The number of hydrogen-bond acceptors (Lipinski definition) is 5. The Morgan fingerprint density at radius 2 is 2.22 bits per heavy atom. The highest BCUT2D eigenvalue weighted by Crippen LogP contribution is 2.24. The lowest BCUT2D eigenvalue weighted by molar-refractivity contribution is -0.380. The van der Waals surface area contributed by atoms with E-state index in [4.69, 9.17) is 4.42 Å². The number of nitro groups is 1. The Balaban J connectivity index is 1.92. The summed E-state index contributed by atoms with van der Waals surface area (Å²) in [6, 6.07) is 7.24. The Kier molecular flexibility index (Phi) is 3.78. The van der Waals surface area contributed by atoms with Gasteiger partial charge in [0.15, 0.2) is 0 Å². The Morgan fingerprint density at radius 3 is 2.78 bits per heavy atom. The standard InChI is InChI=1S/C12H14N2O3S/c1-8-3-5-11(17-8)9(2)13-7-10-4-6-12(18-10)14(15)16/h3-6,9,13H,7H2,1-2H3. The van der Waals surface area contributed by atoms with Gasteiger partial charge >= 0.3 is 5.00 Å². The predicted octanol–water partition coefficient (Wildman–Crippen LogP) is 3.41. The average Bonchev–Trinajstić information content (AvgIpc) is 2.94. The van der Waals surface area contributed by atoms with Crippen LogP contribution in [0.3, 0.4) is 0 Å². The number of nitrogens with zero attached hydrogens (tertiary/aromatic N) is 1. The molecule has 0 spiro atoms. The van der Waals surface area contributed by atoms with Crippen molar-refractivity contribution in [1.29, 1.82) is 0 Å². The van der Waals surface area contributed by atoms with Gasteiger partial charge in [0.1, 0.15) is 11.5 Å². The van der Waals surface area contributed by atoms with E-state index in [1.807, 2.05) is 26.0 Å². The molecule has 5 nitrogen and oxygen atoms in total. The molecule has 0 bridgehead atoms. The second-order valence-electron chi connectivity index (χ2n) is 4.05. The van der Waals surface area contributed by atoms with Crippen LogP contribution in [0, 0.1) is 17.0 Å². The maximum absolute atomic E-state index is 10.6. The van der Waals surface area contributed by atoms with Gasteiger partial charge in [0.2, 0.25) is 0 Å². The lowest BCUT2D eigenvalue weighted by Crippen LogP contribution is -2.16. The Hall–Kier alpha value is -1.66. The van der Waals surface area contributed by atoms with Crippen molar-refractivity contribution in [3.8, 4) is 0 Å².